The lowest BCUT2D eigenvalue weighted by molar-refractivity contribution is -0.129. The van der Waals surface area contributed by atoms with Gasteiger partial charge in [-0.15, -0.1) is 0 Å². The maximum Gasteiger partial charge on any atom is 0.242 e. The number of allylic oxidation sites excluding steroid dienone is 1. The molecule has 190 valence electrons. The molecule has 1 aliphatic heterocycles. The third kappa shape index (κ3) is 8.55. The molecule has 2 amide bonds. The molecule has 0 saturated heterocycles. The predicted molar refractivity (Wildman–Crippen MR) is 138 cm³/mol. The lowest BCUT2D eigenvalue weighted by atomic mass is 10.0. The van der Waals surface area contributed by atoms with Crippen LogP contribution < -0.4 is 15.4 Å². The van der Waals surface area contributed by atoms with Crippen molar-refractivity contribution in [1.29, 1.82) is 0 Å². The van der Waals surface area contributed by atoms with E-state index >= 15 is 0 Å². The summed E-state index contributed by atoms with van der Waals surface area (Å²) in [6, 6.07) is 7.35. The van der Waals surface area contributed by atoms with Gasteiger partial charge in [0.1, 0.15) is 17.6 Å². The molecule has 8 nitrogen and oxygen atoms in total. The molecule has 0 unspecified atom stereocenters. The largest absolute Gasteiger partial charge is 0.494 e. The van der Waals surface area contributed by atoms with Gasteiger partial charge < -0.3 is 19.9 Å². The molecule has 1 aliphatic rings. The smallest absolute Gasteiger partial charge is 0.242 e. The lowest BCUT2D eigenvalue weighted by Gasteiger charge is -2.24. The molecule has 0 spiro atoms. The summed E-state index contributed by atoms with van der Waals surface area (Å²) in [5, 5.41) is 5.98. The summed E-state index contributed by atoms with van der Waals surface area (Å²) in [6.45, 7) is 11.4. The summed E-state index contributed by atoms with van der Waals surface area (Å²) in [5.41, 5.74) is 2.17. The molecule has 1 aromatic heterocycles. The van der Waals surface area contributed by atoms with E-state index in [-0.39, 0.29) is 24.3 Å². The summed E-state index contributed by atoms with van der Waals surface area (Å²) < 4.78 is 8.04. The number of hydrogen-bond donors (Lipinski definition) is 2. The number of carbonyl (C=O) groups excluding carboxylic acids is 2. The Balaban J connectivity index is 1.82. The number of ether oxygens (including phenoxy) is 1. The molecular formula is C27H39N5O3. The second-order valence-corrected chi connectivity index (χ2v) is 9.73. The first-order valence-corrected chi connectivity index (χ1v) is 12.5. The van der Waals surface area contributed by atoms with Crippen LogP contribution in [0.3, 0.4) is 0 Å². The number of imidazole rings is 1. The van der Waals surface area contributed by atoms with Crippen LogP contribution in [0.5, 0.6) is 5.75 Å². The Bertz CT molecular complexity index is 1010. The zero-order valence-electron chi connectivity index (χ0n) is 21.4. The van der Waals surface area contributed by atoms with E-state index in [0.717, 1.165) is 23.6 Å². The normalized spacial score (nSPS) is 18.5. The van der Waals surface area contributed by atoms with Crippen LogP contribution in [0.4, 0.5) is 0 Å². The van der Waals surface area contributed by atoms with E-state index in [1.54, 1.807) is 6.20 Å². The van der Waals surface area contributed by atoms with E-state index in [2.05, 4.69) is 40.4 Å². The molecule has 2 N–H and O–H groups in total. The maximum absolute atomic E-state index is 13.0. The number of amides is 2. The predicted octanol–water partition coefficient (Wildman–Crippen LogP) is 3.25. The van der Waals surface area contributed by atoms with Crippen molar-refractivity contribution >= 4 is 11.8 Å². The molecule has 0 saturated carbocycles. The van der Waals surface area contributed by atoms with Crippen LogP contribution in [0, 0.1) is 5.92 Å². The van der Waals surface area contributed by atoms with Gasteiger partial charge in [-0.05, 0) is 44.7 Å². The van der Waals surface area contributed by atoms with Crippen molar-refractivity contribution in [2.24, 2.45) is 5.92 Å². The SMILES string of the molecule is CC(C)=CCN1CCCOc2cccc(c2)-c2nccn2CCNC(=O)[C@@H](CC(C)C)NC(=O)C1. The Kier molecular flexibility index (Phi) is 9.90. The Morgan fingerprint density at radius 2 is 2.09 bits per heavy atom. The molecule has 1 aromatic carbocycles. The minimum absolute atomic E-state index is 0.139. The number of benzene rings is 1. The minimum atomic E-state index is -0.561. The molecule has 2 heterocycles. The lowest BCUT2D eigenvalue weighted by Crippen LogP contribution is -2.50. The number of aromatic nitrogens is 2. The van der Waals surface area contributed by atoms with E-state index in [0.29, 0.717) is 39.2 Å². The number of hydrogen-bond acceptors (Lipinski definition) is 5. The quantitative estimate of drug-likeness (QED) is 0.655. The van der Waals surface area contributed by atoms with E-state index in [1.807, 2.05) is 48.9 Å². The number of rotatable bonds is 4. The molecule has 35 heavy (non-hydrogen) atoms. The summed E-state index contributed by atoms with van der Waals surface area (Å²) in [4.78, 5) is 32.5. The van der Waals surface area contributed by atoms with Crippen molar-refractivity contribution in [3.05, 3.63) is 48.3 Å². The first-order valence-electron chi connectivity index (χ1n) is 12.5. The second kappa shape index (κ2) is 13.1. The molecule has 2 bridgehead atoms. The van der Waals surface area contributed by atoms with Gasteiger partial charge in [-0.25, -0.2) is 4.98 Å². The molecular weight excluding hydrogens is 442 g/mol. The van der Waals surface area contributed by atoms with Crippen molar-refractivity contribution in [2.75, 3.05) is 32.8 Å². The van der Waals surface area contributed by atoms with Gasteiger partial charge in [0.15, 0.2) is 0 Å². The Labute approximate surface area is 208 Å². The van der Waals surface area contributed by atoms with Gasteiger partial charge >= 0.3 is 0 Å². The topological polar surface area (TPSA) is 88.5 Å². The highest BCUT2D eigenvalue weighted by Crippen LogP contribution is 2.23. The number of nitrogens with one attached hydrogen (secondary N) is 2. The monoisotopic (exact) mass is 481 g/mol. The highest BCUT2D eigenvalue weighted by molar-refractivity contribution is 5.88. The minimum Gasteiger partial charge on any atom is -0.494 e. The van der Waals surface area contributed by atoms with Crippen LogP contribution in [-0.2, 0) is 16.1 Å². The summed E-state index contributed by atoms with van der Waals surface area (Å²) in [5.74, 6) is 1.60. The molecule has 8 heteroatoms. The zero-order valence-corrected chi connectivity index (χ0v) is 21.4. The average Bonchev–Trinajstić information content (AvgIpc) is 3.27. The highest BCUT2D eigenvalue weighted by atomic mass is 16.5. The standard InChI is InChI=1S/C27H39N5O3/c1-20(2)9-13-31-12-6-16-35-23-8-5-7-22(18-23)26-28-10-14-32(26)15-11-29-27(34)24(17-21(3)4)30-25(33)19-31/h5,7-10,14,18,21,24H,6,11-13,15-17,19H2,1-4H3,(H,29,34)(H,30,33)/t24-/m1/s1. The first-order chi connectivity index (χ1) is 16.8. The van der Waals surface area contributed by atoms with Gasteiger partial charge in [0.2, 0.25) is 11.8 Å². The van der Waals surface area contributed by atoms with Crippen LogP contribution in [0.2, 0.25) is 0 Å². The molecule has 0 radical (unpaired) electrons. The number of carbonyl (C=O) groups is 2. The average molecular weight is 482 g/mol. The Hall–Kier alpha value is -3.13. The third-order valence-electron chi connectivity index (χ3n) is 5.83. The van der Waals surface area contributed by atoms with Crippen LogP contribution in [0.25, 0.3) is 11.4 Å². The van der Waals surface area contributed by atoms with Crippen molar-refractivity contribution in [3.8, 4) is 17.1 Å². The fraction of sp³-hybridized carbons (Fsp3) is 0.519. The van der Waals surface area contributed by atoms with Gasteiger partial charge in [0.05, 0.1) is 13.2 Å². The summed E-state index contributed by atoms with van der Waals surface area (Å²) >= 11 is 0. The van der Waals surface area contributed by atoms with E-state index in [4.69, 9.17) is 4.74 Å². The van der Waals surface area contributed by atoms with Crippen molar-refractivity contribution in [3.63, 3.8) is 0 Å². The molecule has 0 aliphatic carbocycles. The van der Waals surface area contributed by atoms with Crippen LogP contribution in [0.15, 0.2) is 48.3 Å². The van der Waals surface area contributed by atoms with E-state index in [1.165, 1.54) is 5.57 Å². The molecule has 0 fully saturated rings. The van der Waals surface area contributed by atoms with Gasteiger partial charge in [-0.1, -0.05) is 37.6 Å². The summed E-state index contributed by atoms with van der Waals surface area (Å²) in [7, 11) is 0. The van der Waals surface area contributed by atoms with E-state index < -0.39 is 6.04 Å². The van der Waals surface area contributed by atoms with Crippen LogP contribution >= 0.6 is 0 Å². The molecule has 3 rings (SSSR count). The Morgan fingerprint density at radius 3 is 2.86 bits per heavy atom. The van der Waals surface area contributed by atoms with Gasteiger partial charge in [-0.2, -0.15) is 0 Å². The van der Waals surface area contributed by atoms with Crippen molar-refractivity contribution in [1.82, 2.24) is 25.1 Å². The first kappa shape index (κ1) is 26.5. The van der Waals surface area contributed by atoms with Crippen molar-refractivity contribution < 1.29 is 14.3 Å². The zero-order chi connectivity index (χ0) is 25.2. The third-order valence-corrected chi connectivity index (χ3v) is 5.83. The second-order valence-electron chi connectivity index (χ2n) is 9.73. The fourth-order valence-corrected chi connectivity index (χ4v) is 4.07. The van der Waals surface area contributed by atoms with Gasteiger partial charge in [-0.3, -0.25) is 14.5 Å². The van der Waals surface area contributed by atoms with Crippen LogP contribution in [0.1, 0.15) is 40.5 Å². The fourth-order valence-electron chi connectivity index (χ4n) is 4.07. The number of fused-ring (bicyclic) bond motifs is 4. The van der Waals surface area contributed by atoms with Crippen molar-refractivity contribution in [2.45, 2.75) is 53.1 Å². The summed E-state index contributed by atoms with van der Waals surface area (Å²) in [6.07, 6.45) is 7.14. The highest BCUT2D eigenvalue weighted by Gasteiger charge is 2.23. The molecule has 2 aromatic rings. The Morgan fingerprint density at radius 1 is 1.26 bits per heavy atom. The van der Waals surface area contributed by atoms with Gasteiger partial charge in [0.25, 0.3) is 0 Å². The molecule has 1 atom stereocenters. The van der Waals surface area contributed by atoms with Crippen LogP contribution in [-0.4, -0.2) is 65.1 Å². The van der Waals surface area contributed by atoms with Gasteiger partial charge in [0, 0.05) is 44.1 Å². The maximum atomic E-state index is 13.0. The number of nitrogens with zero attached hydrogens (tertiary/aromatic N) is 3. The van der Waals surface area contributed by atoms with E-state index in [9.17, 15) is 9.59 Å².